The summed E-state index contributed by atoms with van der Waals surface area (Å²) in [7, 11) is 2.10. The van der Waals surface area contributed by atoms with Gasteiger partial charge in [-0.2, -0.15) is 0 Å². The van der Waals surface area contributed by atoms with E-state index in [2.05, 4.69) is 17.4 Å². The second-order valence-corrected chi connectivity index (χ2v) is 7.26. The zero-order valence-corrected chi connectivity index (χ0v) is 16.9. The van der Waals surface area contributed by atoms with Crippen LogP contribution in [-0.2, 0) is 0 Å². The van der Waals surface area contributed by atoms with Crippen LogP contribution in [0.5, 0.6) is 5.75 Å². The number of benzene rings is 2. The maximum Gasteiger partial charge on any atom is 0.266 e. The Labute approximate surface area is 171 Å². The number of hydrogen-bond acceptors (Lipinski definition) is 5. The lowest BCUT2D eigenvalue weighted by atomic mass is 10.0. The van der Waals surface area contributed by atoms with Crippen molar-refractivity contribution in [1.82, 2.24) is 20.3 Å². The molecule has 1 aliphatic rings. The monoisotopic (exact) mass is 390 g/mol. The Hall–Kier alpha value is -2.96. The molecule has 0 radical (unpaired) electrons. The Kier molecular flexibility index (Phi) is 5.74. The van der Waals surface area contributed by atoms with Crippen molar-refractivity contribution in [3.8, 4) is 17.0 Å². The lowest BCUT2D eigenvalue weighted by molar-refractivity contribution is 0.0664. The number of ether oxygens (including phenoxy) is 1. The van der Waals surface area contributed by atoms with Crippen molar-refractivity contribution in [3.63, 3.8) is 0 Å². The zero-order chi connectivity index (χ0) is 20.2. The van der Waals surface area contributed by atoms with Crippen LogP contribution >= 0.6 is 0 Å². The topological polar surface area (TPSA) is 57.7 Å². The Morgan fingerprint density at radius 1 is 1.07 bits per heavy atom. The van der Waals surface area contributed by atoms with Crippen molar-refractivity contribution in [2.24, 2.45) is 0 Å². The molecule has 3 aromatic rings. The van der Waals surface area contributed by atoms with Gasteiger partial charge >= 0.3 is 0 Å². The second-order valence-electron chi connectivity index (χ2n) is 7.26. The predicted molar refractivity (Wildman–Crippen MR) is 115 cm³/mol. The Bertz CT molecular complexity index is 995. The van der Waals surface area contributed by atoms with Crippen LogP contribution in [0.1, 0.15) is 17.3 Å². The maximum atomic E-state index is 13.1. The third-order valence-electron chi connectivity index (χ3n) is 5.18. The summed E-state index contributed by atoms with van der Waals surface area (Å²) < 4.78 is 5.53. The second kappa shape index (κ2) is 8.59. The van der Waals surface area contributed by atoms with Gasteiger partial charge in [-0.3, -0.25) is 10.2 Å². The molecule has 6 nitrogen and oxygen atoms in total. The van der Waals surface area contributed by atoms with Crippen LogP contribution in [0.15, 0.2) is 54.6 Å². The van der Waals surface area contributed by atoms with Gasteiger partial charge in [-0.1, -0.05) is 18.2 Å². The highest BCUT2D eigenvalue weighted by Crippen LogP contribution is 2.26. The van der Waals surface area contributed by atoms with E-state index in [-0.39, 0.29) is 5.91 Å². The molecule has 1 aliphatic heterocycles. The number of para-hydroxylation sites is 1. The van der Waals surface area contributed by atoms with Gasteiger partial charge in [0.1, 0.15) is 5.75 Å². The minimum atomic E-state index is -0.0969. The normalized spacial score (nSPS) is 15.4. The molecule has 0 spiro atoms. The number of nitrogens with one attached hydrogen (secondary N) is 1. The van der Waals surface area contributed by atoms with Crippen LogP contribution in [0.25, 0.3) is 22.2 Å². The third kappa shape index (κ3) is 4.39. The molecule has 29 heavy (non-hydrogen) atoms. The highest BCUT2D eigenvalue weighted by molar-refractivity contribution is 6.07. The van der Waals surface area contributed by atoms with E-state index in [9.17, 15) is 4.79 Å². The predicted octanol–water partition coefficient (Wildman–Crippen LogP) is 3.19. The van der Waals surface area contributed by atoms with Crippen LogP contribution in [0.3, 0.4) is 0 Å². The van der Waals surface area contributed by atoms with Crippen molar-refractivity contribution in [3.05, 3.63) is 60.2 Å². The number of amides is 1. The number of hydrazine groups is 1. The summed E-state index contributed by atoms with van der Waals surface area (Å²) in [4.78, 5) is 20.2. The van der Waals surface area contributed by atoms with Crippen molar-refractivity contribution in [2.75, 3.05) is 39.8 Å². The largest absolute Gasteiger partial charge is 0.494 e. The van der Waals surface area contributed by atoms with Crippen molar-refractivity contribution < 1.29 is 9.53 Å². The molecule has 0 saturated carbocycles. The SMILES string of the molecule is CCOc1ccc(-c2cc(C(=O)NN3CCN(C)CC3)c3ccccc3n2)cc1. The molecular weight excluding hydrogens is 364 g/mol. The van der Waals surface area contributed by atoms with Crippen LogP contribution < -0.4 is 10.2 Å². The van der Waals surface area contributed by atoms with Gasteiger partial charge in [0.25, 0.3) is 5.91 Å². The number of carbonyl (C=O) groups is 1. The number of piperazine rings is 1. The van der Waals surface area contributed by atoms with E-state index in [1.165, 1.54) is 0 Å². The van der Waals surface area contributed by atoms with E-state index in [1.807, 2.05) is 66.5 Å². The van der Waals surface area contributed by atoms with E-state index in [0.29, 0.717) is 12.2 Å². The summed E-state index contributed by atoms with van der Waals surface area (Å²) in [6.45, 7) is 6.10. The minimum Gasteiger partial charge on any atom is -0.494 e. The molecule has 1 amide bonds. The van der Waals surface area contributed by atoms with Gasteiger partial charge in [0, 0.05) is 37.1 Å². The van der Waals surface area contributed by atoms with Gasteiger partial charge in [0.15, 0.2) is 0 Å². The third-order valence-corrected chi connectivity index (χ3v) is 5.18. The lowest BCUT2D eigenvalue weighted by Gasteiger charge is -2.32. The van der Waals surface area contributed by atoms with Crippen LogP contribution in [-0.4, -0.2) is 60.6 Å². The summed E-state index contributed by atoms with van der Waals surface area (Å²) >= 11 is 0. The fourth-order valence-electron chi connectivity index (χ4n) is 3.52. The van der Waals surface area contributed by atoms with Crippen LogP contribution in [0.4, 0.5) is 0 Å². The Morgan fingerprint density at radius 2 is 1.79 bits per heavy atom. The quantitative estimate of drug-likeness (QED) is 0.725. The summed E-state index contributed by atoms with van der Waals surface area (Å²) in [5.74, 6) is 0.727. The first-order valence-electron chi connectivity index (χ1n) is 10.0. The summed E-state index contributed by atoms with van der Waals surface area (Å²) in [6.07, 6.45) is 0. The smallest absolute Gasteiger partial charge is 0.266 e. The van der Waals surface area contributed by atoms with Crippen molar-refractivity contribution in [1.29, 1.82) is 0 Å². The highest BCUT2D eigenvalue weighted by Gasteiger charge is 2.19. The van der Waals surface area contributed by atoms with E-state index in [0.717, 1.165) is 54.1 Å². The van der Waals surface area contributed by atoms with Gasteiger partial charge in [-0.15, -0.1) is 0 Å². The van der Waals surface area contributed by atoms with Gasteiger partial charge in [0.2, 0.25) is 0 Å². The standard InChI is InChI=1S/C23H26N4O2/c1-3-29-18-10-8-17(9-11-18)22-16-20(19-6-4-5-7-21(19)24-22)23(28)25-27-14-12-26(2)13-15-27/h4-11,16H,3,12-15H2,1-2H3,(H,25,28). The molecule has 1 fully saturated rings. The van der Waals surface area contributed by atoms with Gasteiger partial charge in [-0.05, 0) is 50.4 Å². The number of carbonyl (C=O) groups excluding carboxylic acids is 1. The number of nitrogens with zero attached hydrogens (tertiary/aromatic N) is 3. The Balaban J connectivity index is 1.66. The van der Waals surface area contributed by atoms with Gasteiger partial charge in [-0.25, -0.2) is 9.99 Å². The molecule has 150 valence electrons. The summed E-state index contributed by atoms with van der Waals surface area (Å²) in [5, 5.41) is 2.85. The maximum absolute atomic E-state index is 13.1. The molecular formula is C23H26N4O2. The first-order chi connectivity index (χ1) is 14.1. The highest BCUT2D eigenvalue weighted by atomic mass is 16.5. The van der Waals surface area contributed by atoms with Crippen molar-refractivity contribution >= 4 is 16.8 Å². The lowest BCUT2D eigenvalue weighted by Crippen LogP contribution is -2.52. The first-order valence-corrected chi connectivity index (χ1v) is 10.0. The molecule has 0 aliphatic carbocycles. The molecule has 1 N–H and O–H groups in total. The average molecular weight is 390 g/mol. The number of aromatic nitrogens is 1. The number of pyridine rings is 1. The van der Waals surface area contributed by atoms with Gasteiger partial charge in [0.05, 0.1) is 23.4 Å². The van der Waals surface area contributed by atoms with E-state index >= 15 is 0 Å². The summed E-state index contributed by atoms with van der Waals surface area (Å²) in [5.41, 5.74) is 6.24. The molecule has 0 atom stereocenters. The van der Waals surface area contributed by atoms with E-state index in [4.69, 9.17) is 9.72 Å². The molecule has 0 unspecified atom stereocenters. The number of rotatable bonds is 5. The number of hydrogen-bond donors (Lipinski definition) is 1. The molecule has 2 aromatic carbocycles. The molecule has 2 heterocycles. The Morgan fingerprint density at radius 3 is 2.52 bits per heavy atom. The van der Waals surface area contributed by atoms with Gasteiger partial charge < -0.3 is 9.64 Å². The number of likely N-dealkylation sites (N-methyl/N-ethyl adjacent to an activating group) is 1. The van der Waals surface area contributed by atoms with E-state index in [1.54, 1.807) is 0 Å². The number of fused-ring (bicyclic) bond motifs is 1. The summed E-state index contributed by atoms with van der Waals surface area (Å²) in [6, 6.07) is 17.5. The van der Waals surface area contributed by atoms with Crippen molar-refractivity contribution in [2.45, 2.75) is 6.92 Å². The van der Waals surface area contributed by atoms with E-state index < -0.39 is 0 Å². The zero-order valence-electron chi connectivity index (χ0n) is 16.9. The van der Waals surface area contributed by atoms with Crippen LogP contribution in [0.2, 0.25) is 0 Å². The fourth-order valence-corrected chi connectivity index (χ4v) is 3.52. The molecule has 0 bridgehead atoms. The minimum absolute atomic E-state index is 0.0969. The first kappa shape index (κ1) is 19.4. The molecule has 1 saturated heterocycles. The average Bonchev–Trinajstić information content (AvgIpc) is 2.75. The molecule has 6 heteroatoms. The van der Waals surface area contributed by atoms with Crippen LogP contribution in [0, 0.1) is 0 Å². The fraction of sp³-hybridized carbons (Fsp3) is 0.304. The molecule has 4 rings (SSSR count). The molecule has 1 aromatic heterocycles.